The number of hydrogen-bond donors (Lipinski definition) is 3. The lowest BCUT2D eigenvalue weighted by atomic mass is 9.65. The Morgan fingerprint density at radius 2 is 0.873 bits per heavy atom. The second kappa shape index (κ2) is 17.5. The SMILES string of the molecule is CCC(C)(C(=O)OC1CC(C(O)(C(F)(F)F)C(F)(F)F)CC(C(O)(C(F)(F)F)C(F)(F)F)C1)C(F)(F)F.CCC(C)(C)C(=O)OC1CC2CC1CC2CC(O)(C(F)(F)F)C(F)(F)F. The van der Waals surface area contributed by atoms with Crippen LogP contribution >= 0.6 is 0 Å². The molecule has 3 aliphatic carbocycles. The van der Waals surface area contributed by atoms with E-state index in [0.717, 1.165) is 6.92 Å². The molecule has 7 atom stereocenters. The molecule has 0 aromatic heterocycles. The van der Waals surface area contributed by atoms with Crippen LogP contribution in [0.1, 0.15) is 92.4 Å². The molecule has 0 saturated heterocycles. The van der Waals surface area contributed by atoms with Crippen molar-refractivity contribution in [1.29, 1.82) is 0 Å². The maximum atomic E-state index is 13.3. The van der Waals surface area contributed by atoms with E-state index in [1.165, 1.54) is 0 Å². The fraction of sp³-hybridized carbons (Fsp3) is 0.943. The van der Waals surface area contributed by atoms with E-state index in [0.29, 0.717) is 12.8 Å². The summed E-state index contributed by atoms with van der Waals surface area (Å²) in [5.74, 6) is -11.7. The van der Waals surface area contributed by atoms with Gasteiger partial charge in [0.1, 0.15) is 12.2 Å². The highest BCUT2D eigenvalue weighted by Crippen LogP contribution is 2.59. The molecule has 372 valence electrons. The molecule has 2 bridgehead atoms. The van der Waals surface area contributed by atoms with Crippen LogP contribution in [-0.4, -0.2) is 99.5 Å². The minimum absolute atomic E-state index is 0.0869. The highest BCUT2D eigenvalue weighted by atomic mass is 19.4. The van der Waals surface area contributed by atoms with Gasteiger partial charge in [-0.15, -0.1) is 0 Å². The van der Waals surface area contributed by atoms with Gasteiger partial charge in [-0.3, -0.25) is 9.59 Å². The minimum Gasteiger partial charge on any atom is -0.462 e. The second-order valence-electron chi connectivity index (χ2n) is 17.1. The van der Waals surface area contributed by atoms with Crippen molar-refractivity contribution in [2.24, 2.45) is 40.4 Å². The maximum Gasteiger partial charge on any atom is 0.426 e. The number of halogens is 21. The summed E-state index contributed by atoms with van der Waals surface area (Å²) in [6.07, 6.45) is -55.0. The molecule has 28 heteroatoms. The average molecular weight is 975 g/mol. The summed E-state index contributed by atoms with van der Waals surface area (Å²) in [6, 6.07) is 0. The molecule has 0 aromatic rings. The van der Waals surface area contributed by atoms with Crippen LogP contribution in [0.4, 0.5) is 92.2 Å². The van der Waals surface area contributed by atoms with Crippen molar-refractivity contribution < 1.29 is 127 Å². The number of rotatable bonds is 10. The molecule has 0 radical (unpaired) electrons. The molecule has 3 aliphatic rings. The number of ether oxygens (including phenoxy) is 2. The minimum atomic E-state index is -6.77. The normalized spacial score (nSPS) is 27.0. The lowest BCUT2D eigenvalue weighted by Crippen LogP contribution is -2.67. The molecular weight excluding hydrogens is 931 g/mol. The lowest BCUT2D eigenvalue weighted by Gasteiger charge is -2.48. The van der Waals surface area contributed by atoms with Crippen molar-refractivity contribution in [2.45, 2.75) is 165 Å². The van der Waals surface area contributed by atoms with Gasteiger partial charge >= 0.3 is 55.2 Å². The fourth-order valence-corrected chi connectivity index (χ4v) is 7.98. The van der Waals surface area contributed by atoms with E-state index >= 15 is 0 Å². The summed E-state index contributed by atoms with van der Waals surface area (Å²) in [5, 5.41) is 28.5. The number of fused-ring (bicyclic) bond motifs is 2. The Morgan fingerprint density at radius 1 is 0.476 bits per heavy atom. The van der Waals surface area contributed by atoms with Crippen LogP contribution < -0.4 is 0 Å². The Balaban J connectivity index is 0.000000459. The van der Waals surface area contributed by atoms with Gasteiger partial charge in [-0.05, 0) is 96.3 Å². The van der Waals surface area contributed by atoms with Crippen LogP contribution in [0.15, 0.2) is 0 Å². The summed E-state index contributed by atoms with van der Waals surface area (Å²) >= 11 is 0. The highest BCUT2D eigenvalue weighted by Gasteiger charge is 2.79. The molecule has 0 spiro atoms. The number of aliphatic hydroxyl groups is 3. The van der Waals surface area contributed by atoms with E-state index in [4.69, 9.17) is 4.74 Å². The van der Waals surface area contributed by atoms with Gasteiger partial charge in [-0.25, -0.2) is 0 Å². The Bertz CT molecular complexity index is 1500. The second-order valence-corrected chi connectivity index (χ2v) is 17.1. The van der Waals surface area contributed by atoms with Crippen LogP contribution in [0.5, 0.6) is 0 Å². The average Bonchev–Trinajstić information content (AvgIpc) is 3.67. The van der Waals surface area contributed by atoms with E-state index in [2.05, 4.69) is 4.74 Å². The van der Waals surface area contributed by atoms with E-state index in [9.17, 15) is 117 Å². The van der Waals surface area contributed by atoms with Crippen molar-refractivity contribution in [1.82, 2.24) is 0 Å². The van der Waals surface area contributed by atoms with Crippen molar-refractivity contribution in [3.63, 3.8) is 0 Å². The van der Waals surface area contributed by atoms with Crippen LogP contribution in [0.2, 0.25) is 0 Å². The number of hydrogen-bond acceptors (Lipinski definition) is 7. The molecule has 7 unspecified atom stereocenters. The lowest BCUT2D eigenvalue weighted by molar-refractivity contribution is -0.405. The van der Waals surface area contributed by atoms with E-state index in [1.807, 2.05) is 6.92 Å². The molecule has 3 N–H and O–H groups in total. The first-order valence-corrected chi connectivity index (χ1v) is 18.7. The summed E-state index contributed by atoms with van der Waals surface area (Å²) in [7, 11) is 0. The Labute approximate surface area is 344 Å². The molecule has 0 aliphatic heterocycles. The smallest absolute Gasteiger partial charge is 0.426 e. The van der Waals surface area contributed by atoms with E-state index < -0.39 is 151 Å². The predicted molar refractivity (Wildman–Crippen MR) is 169 cm³/mol. The summed E-state index contributed by atoms with van der Waals surface area (Å²) in [5.41, 5.74) is -20.9. The molecule has 3 rings (SSSR count). The summed E-state index contributed by atoms with van der Waals surface area (Å²) in [4.78, 5) is 24.3. The fourth-order valence-electron chi connectivity index (χ4n) is 7.98. The van der Waals surface area contributed by atoms with Crippen LogP contribution in [-0.2, 0) is 19.1 Å². The molecule has 63 heavy (non-hydrogen) atoms. The third kappa shape index (κ3) is 10.7. The molecular formula is C35H43F21O7. The number of carbonyl (C=O) groups excluding carboxylic acids is 2. The van der Waals surface area contributed by atoms with Gasteiger partial charge in [-0.1, -0.05) is 13.8 Å². The van der Waals surface area contributed by atoms with Crippen LogP contribution in [0.3, 0.4) is 0 Å². The third-order valence-corrected chi connectivity index (χ3v) is 12.8. The van der Waals surface area contributed by atoms with Gasteiger partial charge in [0.05, 0.1) is 5.41 Å². The zero-order chi connectivity index (χ0) is 50.0. The molecule has 0 heterocycles. The predicted octanol–water partition coefficient (Wildman–Crippen LogP) is 10.6. The first kappa shape index (κ1) is 56.5. The van der Waals surface area contributed by atoms with Gasteiger partial charge in [0.25, 0.3) is 16.8 Å². The molecule has 3 saturated carbocycles. The summed E-state index contributed by atoms with van der Waals surface area (Å²) < 4.78 is 287. The number of carbonyl (C=O) groups is 2. The van der Waals surface area contributed by atoms with Gasteiger partial charge in [0, 0.05) is 11.8 Å². The monoisotopic (exact) mass is 974 g/mol. The van der Waals surface area contributed by atoms with Gasteiger partial charge < -0.3 is 24.8 Å². The number of esters is 2. The largest absolute Gasteiger partial charge is 0.462 e. The van der Waals surface area contributed by atoms with Crippen LogP contribution in [0.25, 0.3) is 0 Å². The Hall–Kier alpha value is -2.65. The van der Waals surface area contributed by atoms with Crippen molar-refractivity contribution in [3.05, 3.63) is 0 Å². The van der Waals surface area contributed by atoms with Crippen molar-refractivity contribution in [2.75, 3.05) is 0 Å². The standard InChI is InChI=1S/C18H19F15O4.C17H24F6O3/c1-3-11(2,14(19,20)21)10(34)37-9-5-7(12(35,15(22,23)24)16(25,26)27)4-8(6-9)13(36,17(28,29)30)18(31,32)33;1-4-14(2,3)13(24)26-12-7-9-5-10(12)6-11(9)8-15(25,16(18,19)20)17(21,22)23/h7-9,35-36H,3-6H2,1-2H3;9-12,25H,4-8H2,1-3H3. The quantitative estimate of drug-likeness (QED) is 0.148. The Morgan fingerprint density at radius 3 is 1.16 bits per heavy atom. The molecule has 7 nitrogen and oxygen atoms in total. The maximum absolute atomic E-state index is 13.3. The highest BCUT2D eigenvalue weighted by molar-refractivity contribution is 5.77. The number of alkyl halides is 21. The Kier molecular flexibility index (Phi) is 15.7. The van der Waals surface area contributed by atoms with Crippen molar-refractivity contribution in [3.8, 4) is 0 Å². The van der Waals surface area contributed by atoms with E-state index in [-0.39, 0.29) is 25.7 Å². The zero-order valence-electron chi connectivity index (χ0n) is 33.3. The van der Waals surface area contributed by atoms with Gasteiger partial charge in [0.15, 0.2) is 5.41 Å². The summed E-state index contributed by atoms with van der Waals surface area (Å²) in [6.45, 7) is 6.17. The molecule has 3 fully saturated rings. The third-order valence-electron chi connectivity index (χ3n) is 12.8. The molecule has 0 amide bonds. The molecule has 0 aromatic carbocycles. The van der Waals surface area contributed by atoms with Gasteiger partial charge in [-0.2, -0.15) is 92.2 Å². The topological polar surface area (TPSA) is 113 Å². The van der Waals surface area contributed by atoms with Gasteiger partial charge in [0.2, 0.25) is 0 Å². The van der Waals surface area contributed by atoms with Crippen molar-refractivity contribution >= 4 is 11.9 Å². The first-order chi connectivity index (χ1) is 27.6. The zero-order valence-corrected chi connectivity index (χ0v) is 33.3. The first-order valence-electron chi connectivity index (χ1n) is 18.7. The van der Waals surface area contributed by atoms with Crippen LogP contribution in [0, 0.1) is 40.4 Å². The van der Waals surface area contributed by atoms with E-state index in [1.54, 1.807) is 13.8 Å².